The number of nitrogens with zero attached hydrogens (tertiary/aromatic N) is 1. The summed E-state index contributed by atoms with van der Waals surface area (Å²) in [6.45, 7) is 0.159. The Labute approximate surface area is 190 Å². The van der Waals surface area contributed by atoms with Gasteiger partial charge in [0.2, 0.25) is 15.9 Å². The zero-order chi connectivity index (χ0) is 23.9. The molecule has 1 amide bonds. The number of ether oxygens (including phenoxy) is 2. The van der Waals surface area contributed by atoms with Crippen molar-refractivity contribution in [3.8, 4) is 5.75 Å². The number of hydrogen-bond donors (Lipinski definition) is 1. The van der Waals surface area contributed by atoms with Crippen LogP contribution in [0.5, 0.6) is 5.75 Å². The van der Waals surface area contributed by atoms with Gasteiger partial charge in [-0.3, -0.25) is 4.79 Å². The van der Waals surface area contributed by atoms with Gasteiger partial charge in [-0.25, -0.2) is 8.42 Å². The third kappa shape index (κ3) is 7.72. The molecule has 0 atom stereocenters. The number of sulfonamides is 1. The molecule has 0 radical (unpaired) electrons. The van der Waals surface area contributed by atoms with Gasteiger partial charge < -0.3 is 14.8 Å². The predicted molar refractivity (Wildman–Crippen MR) is 114 cm³/mol. The summed E-state index contributed by atoms with van der Waals surface area (Å²) in [6, 6.07) is 12.5. The van der Waals surface area contributed by atoms with Crippen molar-refractivity contribution >= 4 is 15.9 Å². The molecule has 0 unspecified atom stereocenters. The molecule has 33 heavy (non-hydrogen) atoms. The van der Waals surface area contributed by atoms with E-state index >= 15 is 0 Å². The number of morpholine rings is 1. The zero-order valence-electron chi connectivity index (χ0n) is 17.8. The zero-order valence-corrected chi connectivity index (χ0v) is 18.6. The molecule has 1 aliphatic rings. The average molecular weight is 487 g/mol. The second kappa shape index (κ2) is 11.0. The predicted octanol–water partition coefficient (Wildman–Crippen LogP) is 2.90. The number of benzene rings is 2. The van der Waals surface area contributed by atoms with E-state index < -0.39 is 22.8 Å². The fraction of sp³-hybridized carbons (Fsp3) is 0.409. The standard InChI is InChI=1S/C22H25F3N2O5S/c23-22(24,25)16-32-19-3-1-2-18(14-19)15-26-21(28)9-6-17-4-7-20(8-5-17)33(29,30)27-10-12-31-13-11-27/h1-5,7-8,14H,6,9-13,15-16H2,(H,26,28). The van der Waals surface area contributed by atoms with Crippen LogP contribution in [0.1, 0.15) is 17.5 Å². The summed E-state index contributed by atoms with van der Waals surface area (Å²) in [5.41, 5.74) is 1.43. The molecule has 3 rings (SSSR count). The van der Waals surface area contributed by atoms with Gasteiger partial charge in [0, 0.05) is 26.1 Å². The van der Waals surface area contributed by atoms with E-state index in [1.165, 1.54) is 28.6 Å². The minimum atomic E-state index is -4.42. The highest BCUT2D eigenvalue weighted by molar-refractivity contribution is 7.89. The second-order valence-electron chi connectivity index (χ2n) is 7.49. The minimum absolute atomic E-state index is 0.0752. The van der Waals surface area contributed by atoms with Gasteiger partial charge in [0.25, 0.3) is 0 Å². The molecule has 1 fully saturated rings. The number of rotatable bonds is 9. The van der Waals surface area contributed by atoms with Crippen LogP contribution >= 0.6 is 0 Å². The Morgan fingerprint density at radius 2 is 1.76 bits per heavy atom. The largest absolute Gasteiger partial charge is 0.484 e. The third-order valence-electron chi connectivity index (χ3n) is 4.96. The normalized spacial score (nSPS) is 15.2. The van der Waals surface area contributed by atoms with Crippen molar-refractivity contribution in [3.05, 3.63) is 59.7 Å². The lowest BCUT2D eigenvalue weighted by Crippen LogP contribution is -2.40. The number of alkyl halides is 3. The van der Waals surface area contributed by atoms with Crippen molar-refractivity contribution in [2.24, 2.45) is 0 Å². The Bertz CT molecular complexity index is 1040. The molecule has 11 heteroatoms. The molecule has 1 aliphatic heterocycles. The van der Waals surface area contributed by atoms with Crippen LogP contribution in [-0.2, 0) is 32.5 Å². The van der Waals surface area contributed by atoms with Crippen LogP contribution in [0, 0.1) is 0 Å². The first-order chi connectivity index (χ1) is 15.6. The Balaban J connectivity index is 1.46. The van der Waals surface area contributed by atoms with E-state index in [0.717, 1.165) is 5.56 Å². The molecule has 1 N–H and O–H groups in total. The van der Waals surface area contributed by atoms with Crippen molar-refractivity contribution in [2.45, 2.75) is 30.5 Å². The summed E-state index contributed by atoms with van der Waals surface area (Å²) >= 11 is 0. The van der Waals surface area contributed by atoms with Gasteiger partial charge in [0.1, 0.15) is 5.75 Å². The number of aryl methyl sites for hydroxylation is 1. The summed E-state index contributed by atoms with van der Waals surface area (Å²) in [5.74, 6) is -0.159. The van der Waals surface area contributed by atoms with Crippen molar-refractivity contribution in [1.82, 2.24) is 9.62 Å². The summed E-state index contributed by atoms with van der Waals surface area (Å²) in [7, 11) is -3.56. The topological polar surface area (TPSA) is 84.9 Å². The summed E-state index contributed by atoms with van der Waals surface area (Å²) in [6.07, 6.45) is -3.83. The van der Waals surface area contributed by atoms with Gasteiger partial charge in [0.05, 0.1) is 18.1 Å². The first-order valence-electron chi connectivity index (χ1n) is 10.4. The van der Waals surface area contributed by atoms with E-state index in [-0.39, 0.29) is 29.5 Å². The van der Waals surface area contributed by atoms with Crippen LogP contribution in [0.25, 0.3) is 0 Å². The van der Waals surface area contributed by atoms with Crippen molar-refractivity contribution in [3.63, 3.8) is 0 Å². The molecule has 7 nitrogen and oxygen atoms in total. The molecular formula is C22H25F3N2O5S. The Morgan fingerprint density at radius 1 is 1.06 bits per heavy atom. The van der Waals surface area contributed by atoms with Crippen molar-refractivity contribution in [2.75, 3.05) is 32.9 Å². The van der Waals surface area contributed by atoms with Gasteiger partial charge in [0.15, 0.2) is 6.61 Å². The van der Waals surface area contributed by atoms with Crippen molar-refractivity contribution in [1.29, 1.82) is 0 Å². The summed E-state index contributed by atoms with van der Waals surface area (Å²) in [5, 5.41) is 2.72. The van der Waals surface area contributed by atoms with E-state index in [0.29, 0.717) is 38.3 Å². The van der Waals surface area contributed by atoms with Crippen LogP contribution in [0.15, 0.2) is 53.4 Å². The van der Waals surface area contributed by atoms with E-state index in [9.17, 15) is 26.4 Å². The monoisotopic (exact) mass is 486 g/mol. The fourth-order valence-corrected chi connectivity index (χ4v) is 4.63. The van der Waals surface area contributed by atoms with E-state index in [2.05, 4.69) is 5.32 Å². The lowest BCUT2D eigenvalue weighted by atomic mass is 10.1. The van der Waals surface area contributed by atoms with Crippen LogP contribution in [-0.4, -0.2) is 57.7 Å². The lowest BCUT2D eigenvalue weighted by molar-refractivity contribution is -0.153. The number of carbonyl (C=O) groups excluding carboxylic acids is 1. The second-order valence-corrected chi connectivity index (χ2v) is 9.43. The number of carbonyl (C=O) groups is 1. The number of nitrogens with one attached hydrogen (secondary N) is 1. The minimum Gasteiger partial charge on any atom is -0.484 e. The molecule has 0 bridgehead atoms. The van der Waals surface area contributed by atoms with Gasteiger partial charge in [-0.15, -0.1) is 0 Å². The van der Waals surface area contributed by atoms with E-state index in [1.54, 1.807) is 24.3 Å². The molecule has 0 saturated carbocycles. The number of hydrogen-bond acceptors (Lipinski definition) is 5. The Kier molecular flexibility index (Phi) is 8.33. The quantitative estimate of drug-likeness (QED) is 0.589. The summed E-state index contributed by atoms with van der Waals surface area (Å²) < 4.78 is 73.4. The lowest BCUT2D eigenvalue weighted by Gasteiger charge is -2.26. The first-order valence-corrected chi connectivity index (χ1v) is 11.8. The van der Waals surface area contributed by atoms with Gasteiger partial charge in [-0.1, -0.05) is 24.3 Å². The van der Waals surface area contributed by atoms with Crippen molar-refractivity contribution < 1.29 is 35.9 Å². The maximum Gasteiger partial charge on any atom is 0.422 e. The van der Waals surface area contributed by atoms with Crippen LogP contribution in [0.4, 0.5) is 13.2 Å². The van der Waals surface area contributed by atoms with Gasteiger partial charge in [-0.05, 0) is 41.8 Å². The highest BCUT2D eigenvalue weighted by Crippen LogP contribution is 2.20. The average Bonchev–Trinajstić information content (AvgIpc) is 2.81. The Hall–Kier alpha value is -2.63. The highest BCUT2D eigenvalue weighted by atomic mass is 32.2. The fourth-order valence-electron chi connectivity index (χ4n) is 3.22. The molecule has 2 aromatic carbocycles. The smallest absolute Gasteiger partial charge is 0.422 e. The van der Waals surface area contributed by atoms with Crippen LogP contribution in [0.3, 0.4) is 0 Å². The molecule has 0 aromatic heterocycles. The molecule has 2 aromatic rings. The Morgan fingerprint density at radius 3 is 2.42 bits per heavy atom. The maximum atomic E-state index is 12.6. The summed E-state index contributed by atoms with van der Waals surface area (Å²) in [4.78, 5) is 12.4. The highest BCUT2D eigenvalue weighted by Gasteiger charge is 2.28. The number of halogens is 3. The molecule has 0 aliphatic carbocycles. The molecule has 180 valence electrons. The number of amides is 1. The molecule has 0 spiro atoms. The molecular weight excluding hydrogens is 461 g/mol. The maximum absolute atomic E-state index is 12.6. The third-order valence-corrected chi connectivity index (χ3v) is 6.88. The van der Waals surface area contributed by atoms with E-state index in [1.807, 2.05) is 0 Å². The molecule has 1 heterocycles. The molecule has 1 saturated heterocycles. The van der Waals surface area contributed by atoms with Gasteiger partial charge in [-0.2, -0.15) is 17.5 Å². The van der Waals surface area contributed by atoms with E-state index in [4.69, 9.17) is 9.47 Å². The van der Waals surface area contributed by atoms with Crippen LogP contribution in [0.2, 0.25) is 0 Å². The first kappa shape index (κ1) is 25.0. The van der Waals surface area contributed by atoms with Crippen LogP contribution < -0.4 is 10.1 Å². The van der Waals surface area contributed by atoms with Gasteiger partial charge >= 0.3 is 6.18 Å². The SMILES string of the molecule is O=C(CCc1ccc(S(=O)(=O)N2CCOCC2)cc1)NCc1cccc(OCC(F)(F)F)c1.